The second kappa shape index (κ2) is 5.20. The van der Waals surface area contributed by atoms with Crippen molar-refractivity contribution in [2.24, 2.45) is 11.8 Å². The van der Waals surface area contributed by atoms with Crippen molar-refractivity contribution in [3.05, 3.63) is 27.3 Å². The number of aromatic nitrogens is 2. The smallest absolute Gasteiger partial charge is 0.138 e. The normalized spacial score (nSPS) is 22.1. The van der Waals surface area contributed by atoms with Gasteiger partial charge < -0.3 is 4.57 Å². The quantitative estimate of drug-likeness (QED) is 0.563. The summed E-state index contributed by atoms with van der Waals surface area (Å²) in [5.74, 6) is 2.83. The molecule has 2 aromatic rings. The second-order valence-electron chi connectivity index (χ2n) is 5.31. The molecule has 2 nitrogen and oxygen atoms in total. The van der Waals surface area contributed by atoms with E-state index in [-0.39, 0.29) is 5.82 Å². The van der Waals surface area contributed by atoms with Gasteiger partial charge in [-0.2, -0.15) is 0 Å². The molecule has 19 heavy (non-hydrogen) atoms. The lowest BCUT2D eigenvalue weighted by Crippen LogP contribution is -2.07. The van der Waals surface area contributed by atoms with Crippen molar-refractivity contribution >= 4 is 45.2 Å². The number of aryl methyl sites for hydroxylation is 1. The van der Waals surface area contributed by atoms with Gasteiger partial charge in [0.15, 0.2) is 0 Å². The monoisotopic (exact) mass is 392 g/mol. The molecule has 5 heteroatoms. The first-order chi connectivity index (χ1) is 9.10. The molecule has 1 fully saturated rings. The van der Waals surface area contributed by atoms with Crippen LogP contribution >= 0.6 is 34.2 Å². The maximum Gasteiger partial charge on any atom is 0.138 e. The van der Waals surface area contributed by atoms with Crippen LogP contribution in [0.2, 0.25) is 0 Å². The van der Waals surface area contributed by atoms with Crippen molar-refractivity contribution < 1.29 is 4.39 Å². The molecule has 0 spiro atoms. The van der Waals surface area contributed by atoms with Crippen molar-refractivity contribution in [3.63, 3.8) is 0 Å². The van der Waals surface area contributed by atoms with E-state index < -0.39 is 0 Å². The number of hydrogen-bond acceptors (Lipinski definition) is 1. The standard InChI is InChI=1S/C14H15ClFIN2/c1-8-4-9(8)7-19-13-5-10(16)11(17)6-12(13)18-14(19)2-3-15/h5-6,8-9H,2-4,7H2,1H3. The summed E-state index contributed by atoms with van der Waals surface area (Å²) in [6.07, 6.45) is 1.99. The first kappa shape index (κ1) is 13.6. The number of imidazole rings is 1. The number of alkyl halides is 1. The van der Waals surface area contributed by atoms with Crippen molar-refractivity contribution in [2.45, 2.75) is 26.3 Å². The van der Waals surface area contributed by atoms with Crippen LogP contribution in [0.5, 0.6) is 0 Å². The summed E-state index contributed by atoms with van der Waals surface area (Å²) in [4.78, 5) is 4.62. The molecule has 1 heterocycles. The Balaban J connectivity index is 2.08. The van der Waals surface area contributed by atoms with Gasteiger partial charge in [-0.05, 0) is 46.9 Å². The molecule has 1 saturated carbocycles. The van der Waals surface area contributed by atoms with Crippen LogP contribution in [0.4, 0.5) is 4.39 Å². The third kappa shape index (κ3) is 2.61. The Morgan fingerprint density at radius 3 is 2.89 bits per heavy atom. The van der Waals surface area contributed by atoms with Gasteiger partial charge in [-0.3, -0.25) is 0 Å². The molecule has 0 saturated heterocycles. The maximum absolute atomic E-state index is 13.8. The average molecular weight is 393 g/mol. The van der Waals surface area contributed by atoms with E-state index in [1.807, 2.05) is 28.7 Å². The molecular formula is C14H15ClFIN2. The summed E-state index contributed by atoms with van der Waals surface area (Å²) in [5.41, 5.74) is 1.77. The van der Waals surface area contributed by atoms with Crippen molar-refractivity contribution in [2.75, 3.05) is 5.88 Å². The van der Waals surface area contributed by atoms with Crippen LogP contribution in [-0.4, -0.2) is 15.4 Å². The number of halogens is 3. The van der Waals surface area contributed by atoms with E-state index in [1.165, 1.54) is 6.42 Å². The molecule has 3 rings (SSSR count). The lowest BCUT2D eigenvalue weighted by molar-refractivity contribution is 0.582. The number of rotatable bonds is 4. The summed E-state index contributed by atoms with van der Waals surface area (Å²) in [7, 11) is 0. The Hall–Kier alpha value is -0.360. The highest BCUT2D eigenvalue weighted by Crippen LogP contribution is 2.40. The lowest BCUT2D eigenvalue weighted by Gasteiger charge is -2.08. The van der Waals surface area contributed by atoms with Gasteiger partial charge in [-0.25, -0.2) is 9.37 Å². The van der Waals surface area contributed by atoms with Crippen LogP contribution < -0.4 is 0 Å². The van der Waals surface area contributed by atoms with E-state index >= 15 is 0 Å². The minimum atomic E-state index is -0.171. The van der Waals surface area contributed by atoms with Crippen LogP contribution in [-0.2, 0) is 13.0 Å². The van der Waals surface area contributed by atoms with Crippen LogP contribution in [0.15, 0.2) is 12.1 Å². The third-order valence-electron chi connectivity index (χ3n) is 3.88. The number of hydrogen-bond donors (Lipinski definition) is 0. The summed E-state index contributed by atoms with van der Waals surface area (Å²) in [6, 6.07) is 3.42. The van der Waals surface area contributed by atoms with Crippen molar-refractivity contribution in [1.29, 1.82) is 0 Å². The molecule has 0 radical (unpaired) electrons. The predicted octanol–water partition coefficient (Wildman–Crippen LogP) is 4.22. The molecule has 0 aliphatic heterocycles. The fraction of sp³-hybridized carbons (Fsp3) is 0.500. The summed E-state index contributed by atoms with van der Waals surface area (Å²) in [5, 5.41) is 0. The second-order valence-corrected chi connectivity index (χ2v) is 6.85. The zero-order valence-corrected chi connectivity index (χ0v) is 13.6. The molecule has 1 aliphatic carbocycles. The highest BCUT2D eigenvalue weighted by molar-refractivity contribution is 14.1. The van der Waals surface area contributed by atoms with Gasteiger partial charge in [-0.15, -0.1) is 11.6 Å². The fourth-order valence-corrected chi connectivity index (χ4v) is 3.16. The van der Waals surface area contributed by atoms with Crippen LogP contribution in [0, 0.1) is 21.2 Å². The Labute approximate surface area is 130 Å². The average Bonchev–Trinajstić information content (AvgIpc) is 2.96. The summed E-state index contributed by atoms with van der Waals surface area (Å²) < 4.78 is 16.6. The first-order valence-corrected chi connectivity index (χ1v) is 8.11. The van der Waals surface area contributed by atoms with E-state index in [1.54, 1.807) is 6.07 Å². The van der Waals surface area contributed by atoms with E-state index in [0.717, 1.165) is 35.7 Å². The predicted molar refractivity (Wildman–Crippen MR) is 84.1 cm³/mol. The number of fused-ring (bicyclic) bond motifs is 1. The largest absolute Gasteiger partial charge is 0.328 e. The maximum atomic E-state index is 13.8. The molecule has 2 unspecified atom stereocenters. The molecule has 0 amide bonds. The van der Waals surface area contributed by atoms with Crippen molar-refractivity contribution in [3.8, 4) is 0 Å². The SMILES string of the molecule is CC1CC1Cn1c(CCCl)nc2cc(I)c(F)cc21. The lowest BCUT2D eigenvalue weighted by atomic mass is 10.3. The molecule has 102 valence electrons. The van der Waals surface area contributed by atoms with Gasteiger partial charge in [0.2, 0.25) is 0 Å². The molecule has 0 N–H and O–H groups in total. The van der Waals surface area contributed by atoms with Gasteiger partial charge >= 0.3 is 0 Å². The Morgan fingerprint density at radius 2 is 2.26 bits per heavy atom. The zero-order chi connectivity index (χ0) is 13.6. The van der Waals surface area contributed by atoms with Crippen LogP contribution in [0.1, 0.15) is 19.2 Å². The molecule has 1 aromatic heterocycles. The van der Waals surface area contributed by atoms with Gasteiger partial charge in [0.1, 0.15) is 11.6 Å². The van der Waals surface area contributed by atoms with Gasteiger partial charge in [0.25, 0.3) is 0 Å². The molecule has 1 aliphatic rings. The summed E-state index contributed by atoms with van der Waals surface area (Å²) in [6.45, 7) is 3.19. The molecular weight excluding hydrogens is 378 g/mol. The van der Waals surface area contributed by atoms with Crippen LogP contribution in [0.25, 0.3) is 11.0 Å². The molecule has 1 aromatic carbocycles. The highest BCUT2D eigenvalue weighted by Gasteiger charge is 2.33. The minimum absolute atomic E-state index is 0.171. The van der Waals surface area contributed by atoms with Crippen molar-refractivity contribution in [1.82, 2.24) is 9.55 Å². The molecule has 2 atom stereocenters. The molecule has 0 bridgehead atoms. The zero-order valence-electron chi connectivity index (χ0n) is 10.7. The van der Waals surface area contributed by atoms with E-state index in [9.17, 15) is 4.39 Å². The number of nitrogens with zero attached hydrogens (tertiary/aromatic N) is 2. The van der Waals surface area contributed by atoms with E-state index in [2.05, 4.69) is 16.5 Å². The summed E-state index contributed by atoms with van der Waals surface area (Å²) >= 11 is 7.86. The Kier molecular flexibility index (Phi) is 3.73. The fourth-order valence-electron chi connectivity index (χ4n) is 2.54. The Morgan fingerprint density at radius 1 is 1.53 bits per heavy atom. The van der Waals surface area contributed by atoms with E-state index in [0.29, 0.717) is 15.4 Å². The minimum Gasteiger partial charge on any atom is -0.328 e. The first-order valence-electron chi connectivity index (χ1n) is 6.50. The number of benzene rings is 1. The van der Waals surface area contributed by atoms with E-state index in [4.69, 9.17) is 11.6 Å². The van der Waals surface area contributed by atoms with Crippen LogP contribution in [0.3, 0.4) is 0 Å². The highest BCUT2D eigenvalue weighted by atomic mass is 127. The third-order valence-corrected chi connectivity index (χ3v) is 4.90. The van der Waals surface area contributed by atoms with Gasteiger partial charge in [0, 0.05) is 24.9 Å². The van der Waals surface area contributed by atoms with Gasteiger partial charge in [-0.1, -0.05) is 6.92 Å². The topological polar surface area (TPSA) is 17.8 Å². The van der Waals surface area contributed by atoms with Gasteiger partial charge in [0.05, 0.1) is 14.6 Å². The Bertz CT molecular complexity index is 625.